The summed E-state index contributed by atoms with van der Waals surface area (Å²) < 4.78 is 22.8. The van der Waals surface area contributed by atoms with E-state index in [4.69, 9.17) is 18.9 Å². The van der Waals surface area contributed by atoms with E-state index in [0.717, 1.165) is 109 Å². The van der Waals surface area contributed by atoms with Crippen molar-refractivity contribution in [2.45, 2.75) is 283 Å². The van der Waals surface area contributed by atoms with E-state index in [2.05, 4.69) is 135 Å². The molecule has 0 N–H and O–H groups in total. The van der Waals surface area contributed by atoms with E-state index < -0.39 is 24.3 Å². The molecule has 0 saturated carbocycles. The van der Waals surface area contributed by atoms with Crippen LogP contribution in [-0.2, 0) is 33.3 Å². The zero-order valence-electron chi connectivity index (χ0n) is 54.0. The summed E-state index contributed by atoms with van der Waals surface area (Å²) in [6.45, 7) is 4.62. The molecule has 474 valence electrons. The van der Waals surface area contributed by atoms with Crippen molar-refractivity contribution in [3.05, 3.63) is 122 Å². The fourth-order valence-corrected chi connectivity index (χ4v) is 9.05. The van der Waals surface area contributed by atoms with Crippen molar-refractivity contribution in [1.29, 1.82) is 0 Å². The van der Waals surface area contributed by atoms with Gasteiger partial charge in [0.05, 0.1) is 40.3 Å². The molecule has 9 nitrogen and oxygen atoms in total. The predicted molar refractivity (Wildman–Crippen MR) is 352 cm³/mol. The molecule has 0 aromatic carbocycles. The van der Waals surface area contributed by atoms with Crippen LogP contribution >= 0.6 is 0 Å². The maximum atomic E-state index is 12.9. The van der Waals surface area contributed by atoms with E-state index in [1.165, 1.54) is 128 Å². The third kappa shape index (κ3) is 65.1. The summed E-state index contributed by atoms with van der Waals surface area (Å²) in [6.07, 6.45) is 86.9. The number of hydrogen-bond donors (Lipinski definition) is 0. The average Bonchev–Trinajstić information content (AvgIpc) is 3.46. The Bertz CT molecular complexity index is 1780. The molecule has 0 fully saturated rings. The van der Waals surface area contributed by atoms with Crippen LogP contribution in [0.3, 0.4) is 0 Å². The van der Waals surface area contributed by atoms with Crippen molar-refractivity contribution >= 4 is 17.9 Å². The molecule has 0 radical (unpaired) electrons. The number of likely N-dealkylation sites (N-methyl/N-ethyl adjacent to an activating group) is 1. The first kappa shape index (κ1) is 78.7. The summed E-state index contributed by atoms with van der Waals surface area (Å²) in [6, 6.07) is 0. The normalized spacial score (nSPS) is 13.5. The minimum absolute atomic E-state index is 0.141. The van der Waals surface area contributed by atoms with Crippen molar-refractivity contribution < 1.29 is 42.9 Å². The average molecular weight is 1160 g/mol. The third-order valence-corrected chi connectivity index (χ3v) is 14.2. The number of carbonyl (C=O) groups excluding carboxylic acids is 3. The molecule has 0 rings (SSSR count). The molecule has 0 bridgehead atoms. The molecular weight excluding hydrogens is 1030 g/mol. The lowest BCUT2D eigenvalue weighted by atomic mass is 10.0. The van der Waals surface area contributed by atoms with Crippen LogP contribution in [0.2, 0.25) is 0 Å². The molecule has 0 aliphatic carbocycles. The monoisotopic (exact) mass is 1160 g/mol. The van der Waals surface area contributed by atoms with Crippen LogP contribution in [0.15, 0.2) is 122 Å². The number of nitrogens with zero attached hydrogens (tertiary/aromatic N) is 1. The zero-order chi connectivity index (χ0) is 60.5. The Morgan fingerprint density at radius 2 is 0.687 bits per heavy atom. The molecule has 0 aromatic rings. The number of carboxylic acids is 1. The van der Waals surface area contributed by atoms with Crippen molar-refractivity contribution in [2.24, 2.45) is 0 Å². The molecule has 2 unspecified atom stereocenters. The van der Waals surface area contributed by atoms with Crippen LogP contribution in [0.1, 0.15) is 271 Å². The fraction of sp³-hybridized carbons (Fsp3) is 0.689. The second kappa shape index (κ2) is 63.7. The lowest BCUT2D eigenvalue weighted by Gasteiger charge is -2.26. The first-order valence-electron chi connectivity index (χ1n) is 33.7. The predicted octanol–water partition coefficient (Wildman–Crippen LogP) is 19.5. The van der Waals surface area contributed by atoms with Gasteiger partial charge in [0.25, 0.3) is 0 Å². The van der Waals surface area contributed by atoms with Crippen molar-refractivity contribution in [1.82, 2.24) is 0 Å². The van der Waals surface area contributed by atoms with Crippen LogP contribution in [0.4, 0.5) is 0 Å². The van der Waals surface area contributed by atoms with Gasteiger partial charge in [0.15, 0.2) is 12.4 Å². The Morgan fingerprint density at radius 3 is 1.02 bits per heavy atom. The van der Waals surface area contributed by atoms with Crippen LogP contribution in [0.25, 0.3) is 0 Å². The highest BCUT2D eigenvalue weighted by Crippen LogP contribution is 2.16. The Balaban J connectivity index is 4.17. The van der Waals surface area contributed by atoms with Gasteiger partial charge in [-0.25, -0.2) is 0 Å². The molecule has 83 heavy (non-hydrogen) atoms. The second-order valence-corrected chi connectivity index (χ2v) is 23.4. The summed E-state index contributed by atoms with van der Waals surface area (Å²) in [7, 11) is 5.92. The number of allylic oxidation sites excluding steroid dienone is 20. The molecule has 0 aromatic heterocycles. The van der Waals surface area contributed by atoms with Crippen LogP contribution < -0.4 is 5.11 Å². The highest BCUT2D eigenvalue weighted by atomic mass is 16.7. The SMILES string of the molecule is CC/C=C\C/C=C\C/C=C\C/C=C\C/C=C\C/C=C\C/C=C\CCCCCCCCCCCCCCCC(=O)OC(COC(=O)CCCCCCCCCC/C=C\C/C=C\C/C=C\CCCCCCC)COC(OCC[N+](C)(C)C)C(=O)[O-]. The number of carboxylic acid groups (broad SMARTS) is 1. The summed E-state index contributed by atoms with van der Waals surface area (Å²) in [5, 5.41) is 11.8. The molecule has 0 aliphatic rings. The standard InChI is InChI=1S/C74H125NO8/c1-6-8-10-12-14-16-18-20-22-24-26-28-30-31-32-33-34-35-36-37-38-39-40-41-43-45-47-49-51-53-55-57-59-61-63-65-72(77)83-70(69-82-74(73(78)79)80-67-66-75(3,4)5)68-81-71(76)64-62-60-58-56-54-52-50-48-46-44-42-29-27-25-23-21-19-17-15-13-11-9-7-2/h8,10,14,16,19-22,25-28,31-32,34-35,37-38,42,44,70,74H,6-7,9,11-13,15,17-18,23-24,29-30,33,36,39-41,43,45-69H2,1-5H3/b10-8-,16-14-,21-19-,22-20-,27-25-,28-26-,32-31-,35-34-,38-37-,44-42-. The number of hydrogen-bond acceptors (Lipinski definition) is 8. The van der Waals surface area contributed by atoms with Crippen molar-refractivity contribution in [3.8, 4) is 0 Å². The van der Waals surface area contributed by atoms with Crippen molar-refractivity contribution in [2.75, 3.05) is 47.5 Å². The van der Waals surface area contributed by atoms with Gasteiger partial charge in [0.1, 0.15) is 13.2 Å². The van der Waals surface area contributed by atoms with Crippen molar-refractivity contribution in [3.63, 3.8) is 0 Å². The number of quaternary nitrogens is 1. The van der Waals surface area contributed by atoms with E-state index >= 15 is 0 Å². The van der Waals surface area contributed by atoms with Gasteiger partial charge in [-0.05, 0) is 109 Å². The molecule has 0 saturated heterocycles. The first-order valence-corrected chi connectivity index (χ1v) is 33.7. The molecule has 9 heteroatoms. The van der Waals surface area contributed by atoms with E-state index in [9.17, 15) is 19.5 Å². The van der Waals surface area contributed by atoms with Gasteiger partial charge in [0, 0.05) is 12.8 Å². The lowest BCUT2D eigenvalue weighted by molar-refractivity contribution is -0.870. The number of ether oxygens (including phenoxy) is 4. The zero-order valence-corrected chi connectivity index (χ0v) is 54.0. The summed E-state index contributed by atoms with van der Waals surface area (Å²) >= 11 is 0. The smallest absolute Gasteiger partial charge is 0.306 e. The van der Waals surface area contributed by atoms with Gasteiger partial charge in [-0.1, -0.05) is 270 Å². The number of carbonyl (C=O) groups is 3. The van der Waals surface area contributed by atoms with E-state index in [0.29, 0.717) is 17.4 Å². The third-order valence-electron chi connectivity index (χ3n) is 14.2. The lowest BCUT2D eigenvalue weighted by Crippen LogP contribution is -2.44. The summed E-state index contributed by atoms with van der Waals surface area (Å²) in [5.41, 5.74) is 0. The highest BCUT2D eigenvalue weighted by Gasteiger charge is 2.22. The van der Waals surface area contributed by atoms with Gasteiger partial charge < -0.3 is 33.3 Å². The number of unbranched alkanes of at least 4 members (excludes halogenated alkanes) is 26. The first-order chi connectivity index (χ1) is 40.6. The molecule has 0 amide bonds. The second-order valence-electron chi connectivity index (χ2n) is 23.4. The number of rotatable bonds is 61. The molecule has 0 aliphatic heterocycles. The van der Waals surface area contributed by atoms with Gasteiger partial charge in [-0.15, -0.1) is 0 Å². The Hall–Kier alpha value is -4.31. The minimum Gasteiger partial charge on any atom is -0.545 e. The topological polar surface area (TPSA) is 111 Å². The minimum atomic E-state index is -1.63. The Kier molecular flexibility index (Phi) is 60.4. The Labute approximate surface area is 510 Å². The number of esters is 2. The summed E-state index contributed by atoms with van der Waals surface area (Å²) in [5.74, 6) is -2.30. The maximum Gasteiger partial charge on any atom is 0.306 e. The van der Waals surface area contributed by atoms with Crippen LogP contribution in [-0.4, -0.2) is 82.3 Å². The molecular formula is C74H125NO8. The van der Waals surface area contributed by atoms with Crippen LogP contribution in [0.5, 0.6) is 0 Å². The maximum absolute atomic E-state index is 12.9. The van der Waals surface area contributed by atoms with Gasteiger partial charge in [0.2, 0.25) is 0 Å². The van der Waals surface area contributed by atoms with E-state index in [1.807, 2.05) is 21.1 Å². The van der Waals surface area contributed by atoms with Gasteiger partial charge in [-0.3, -0.25) is 9.59 Å². The highest BCUT2D eigenvalue weighted by molar-refractivity contribution is 5.70. The van der Waals surface area contributed by atoms with E-state index in [-0.39, 0.29) is 38.6 Å². The van der Waals surface area contributed by atoms with Crippen LogP contribution in [0, 0.1) is 0 Å². The summed E-state index contributed by atoms with van der Waals surface area (Å²) in [4.78, 5) is 37.4. The molecule has 0 heterocycles. The van der Waals surface area contributed by atoms with Gasteiger partial charge >= 0.3 is 11.9 Å². The van der Waals surface area contributed by atoms with E-state index in [1.54, 1.807) is 0 Å². The largest absolute Gasteiger partial charge is 0.545 e. The molecule has 2 atom stereocenters. The van der Waals surface area contributed by atoms with Gasteiger partial charge in [-0.2, -0.15) is 0 Å². The number of aliphatic carboxylic acids is 1. The molecule has 0 spiro atoms. The quantitative estimate of drug-likeness (QED) is 0.0195. The Morgan fingerprint density at radius 1 is 0.373 bits per heavy atom. The fourth-order valence-electron chi connectivity index (χ4n) is 9.05.